The van der Waals surface area contributed by atoms with Crippen LogP contribution < -0.4 is 5.32 Å². The highest BCUT2D eigenvalue weighted by Gasteiger charge is 2.30. The molecule has 0 unspecified atom stereocenters. The van der Waals surface area contributed by atoms with E-state index in [9.17, 15) is 0 Å². The Balaban J connectivity index is 0.00000264. The Labute approximate surface area is 158 Å². The van der Waals surface area contributed by atoms with E-state index < -0.39 is 0 Å². The molecule has 0 aromatic carbocycles. The molecular formula is C17H34IN3O2. The summed E-state index contributed by atoms with van der Waals surface area (Å²) in [6.07, 6.45) is 4.56. The van der Waals surface area contributed by atoms with E-state index in [2.05, 4.69) is 29.1 Å². The number of rotatable bonds is 6. The molecule has 0 spiro atoms. The fraction of sp³-hybridized carbons (Fsp3) is 0.941. The van der Waals surface area contributed by atoms with Gasteiger partial charge in [-0.25, -0.2) is 0 Å². The molecule has 0 aliphatic carbocycles. The number of guanidine groups is 1. The molecular weight excluding hydrogens is 405 g/mol. The Kier molecular flexibility index (Phi) is 9.77. The molecule has 2 aliphatic rings. The summed E-state index contributed by atoms with van der Waals surface area (Å²) in [5.41, 5.74) is 0.407. The van der Waals surface area contributed by atoms with E-state index in [1.165, 1.54) is 6.42 Å². The third kappa shape index (κ3) is 7.56. The minimum Gasteiger partial charge on any atom is -0.381 e. The average molecular weight is 439 g/mol. The first-order valence-electron chi connectivity index (χ1n) is 8.72. The minimum absolute atomic E-state index is 0. The zero-order chi connectivity index (χ0) is 15.8. The highest BCUT2D eigenvalue weighted by Crippen LogP contribution is 2.28. The van der Waals surface area contributed by atoms with Crippen LogP contribution in [0.15, 0.2) is 4.99 Å². The van der Waals surface area contributed by atoms with Gasteiger partial charge in [0, 0.05) is 53.1 Å². The zero-order valence-corrected chi connectivity index (χ0v) is 17.3. The predicted octanol–water partition coefficient (Wildman–Crippen LogP) is 2.75. The van der Waals surface area contributed by atoms with Crippen LogP contribution in [0.2, 0.25) is 0 Å². The molecule has 23 heavy (non-hydrogen) atoms. The Bertz CT molecular complexity index is 358. The van der Waals surface area contributed by atoms with Crippen LogP contribution in [-0.4, -0.2) is 64.0 Å². The first-order valence-corrected chi connectivity index (χ1v) is 8.72. The van der Waals surface area contributed by atoms with Gasteiger partial charge >= 0.3 is 0 Å². The smallest absolute Gasteiger partial charge is 0.193 e. The van der Waals surface area contributed by atoms with E-state index in [0.29, 0.717) is 11.3 Å². The van der Waals surface area contributed by atoms with Crippen molar-refractivity contribution < 1.29 is 9.47 Å². The molecule has 5 nitrogen and oxygen atoms in total. The van der Waals surface area contributed by atoms with Gasteiger partial charge in [0.15, 0.2) is 5.96 Å². The van der Waals surface area contributed by atoms with Gasteiger partial charge in [-0.05, 0) is 37.0 Å². The molecule has 136 valence electrons. The van der Waals surface area contributed by atoms with Crippen molar-refractivity contribution in [3.8, 4) is 0 Å². The number of hydrogen-bond donors (Lipinski definition) is 1. The SMILES string of the molecule is CN=C(NCCCOCC1CCOCC1)N1CCC(C)(C)C1.I. The van der Waals surface area contributed by atoms with Crippen LogP contribution in [0.4, 0.5) is 0 Å². The number of aliphatic imine (C=N–C) groups is 1. The Morgan fingerprint density at radius 2 is 2.09 bits per heavy atom. The van der Waals surface area contributed by atoms with Crippen LogP contribution in [0.3, 0.4) is 0 Å². The molecule has 2 saturated heterocycles. The van der Waals surface area contributed by atoms with Crippen molar-refractivity contribution in [2.24, 2.45) is 16.3 Å². The van der Waals surface area contributed by atoms with Crippen LogP contribution in [0.1, 0.15) is 39.5 Å². The lowest BCUT2D eigenvalue weighted by atomic mass is 9.93. The van der Waals surface area contributed by atoms with Crippen molar-refractivity contribution in [3.05, 3.63) is 0 Å². The molecule has 6 heteroatoms. The molecule has 0 aromatic heterocycles. The summed E-state index contributed by atoms with van der Waals surface area (Å²) in [5.74, 6) is 1.73. The van der Waals surface area contributed by atoms with E-state index in [1.54, 1.807) is 0 Å². The second kappa shape index (κ2) is 10.7. The topological polar surface area (TPSA) is 46.1 Å². The van der Waals surface area contributed by atoms with Crippen molar-refractivity contribution in [1.29, 1.82) is 0 Å². The van der Waals surface area contributed by atoms with Crippen LogP contribution in [-0.2, 0) is 9.47 Å². The summed E-state index contributed by atoms with van der Waals surface area (Å²) >= 11 is 0. The number of halogens is 1. The van der Waals surface area contributed by atoms with E-state index >= 15 is 0 Å². The summed E-state index contributed by atoms with van der Waals surface area (Å²) in [6, 6.07) is 0. The third-order valence-corrected chi connectivity index (χ3v) is 4.63. The third-order valence-electron chi connectivity index (χ3n) is 4.63. The molecule has 0 radical (unpaired) electrons. The lowest BCUT2D eigenvalue weighted by Gasteiger charge is -2.24. The molecule has 0 saturated carbocycles. The zero-order valence-electron chi connectivity index (χ0n) is 15.0. The molecule has 2 rings (SSSR count). The largest absolute Gasteiger partial charge is 0.381 e. The van der Waals surface area contributed by atoms with Gasteiger partial charge in [0.25, 0.3) is 0 Å². The number of likely N-dealkylation sites (tertiary alicyclic amines) is 1. The van der Waals surface area contributed by atoms with Gasteiger partial charge < -0.3 is 19.7 Å². The maximum Gasteiger partial charge on any atom is 0.193 e. The second-order valence-corrected chi connectivity index (χ2v) is 7.29. The molecule has 0 aromatic rings. The van der Waals surface area contributed by atoms with E-state index in [4.69, 9.17) is 9.47 Å². The monoisotopic (exact) mass is 439 g/mol. The van der Waals surface area contributed by atoms with E-state index in [-0.39, 0.29) is 24.0 Å². The lowest BCUT2D eigenvalue weighted by Crippen LogP contribution is -2.41. The van der Waals surface area contributed by atoms with Gasteiger partial charge in [-0.3, -0.25) is 4.99 Å². The molecule has 2 fully saturated rings. The number of ether oxygens (including phenoxy) is 2. The maximum absolute atomic E-state index is 5.80. The Morgan fingerprint density at radius 3 is 2.70 bits per heavy atom. The molecule has 0 amide bonds. The van der Waals surface area contributed by atoms with Crippen molar-refractivity contribution in [2.75, 3.05) is 53.1 Å². The first kappa shape index (κ1) is 21.0. The summed E-state index contributed by atoms with van der Waals surface area (Å²) < 4.78 is 11.2. The van der Waals surface area contributed by atoms with Crippen LogP contribution in [0.25, 0.3) is 0 Å². The van der Waals surface area contributed by atoms with E-state index in [1.807, 2.05) is 7.05 Å². The molecule has 2 aliphatic heterocycles. The highest BCUT2D eigenvalue weighted by molar-refractivity contribution is 14.0. The van der Waals surface area contributed by atoms with Crippen LogP contribution >= 0.6 is 24.0 Å². The average Bonchev–Trinajstić information content (AvgIpc) is 2.87. The molecule has 2 heterocycles. The van der Waals surface area contributed by atoms with Gasteiger partial charge in [0.05, 0.1) is 0 Å². The van der Waals surface area contributed by atoms with Crippen molar-refractivity contribution >= 4 is 29.9 Å². The van der Waals surface area contributed by atoms with Crippen molar-refractivity contribution in [3.63, 3.8) is 0 Å². The fourth-order valence-electron chi connectivity index (χ4n) is 3.16. The summed E-state index contributed by atoms with van der Waals surface area (Å²) in [7, 11) is 1.87. The maximum atomic E-state index is 5.80. The van der Waals surface area contributed by atoms with Gasteiger partial charge in [-0.15, -0.1) is 24.0 Å². The lowest BCUT2D eigenvalue weighted by molar-refractivity contribution is 0.0203. The standard InChI is InChI=1S/C17H33N3O2.HI/c1-17(2)7-9-20(14-17)16(18-3)19-8-4-10-22-13-15-5-11-21-12-6-15;/h15H,4-14H2,1-3H3,(H,18,19);1H. The molecule has 0 atom stereocenters. The quantitative estimate of drug-likeness (QED) is 0.299. The highest BCUT2D eigenvalue weighted by atomic mass is 127. The Morgan fingerprint density at radius 1 is 1.35 bits per heavy atom. The number of hydrogen-bond acceptors (Lipinski definition) is 3. The van der Waals surface area contributed by atoms with Gasteiger partial charge in [0.1, 0.15) is 0 Å². The number of nitrogens with zero attached hydrogens (tertiary/aromatic N) is 2. The number of nitrogens with one attached hydrogen (secondary N) is 1. The molecule has 1 N–H and O–H groups in total. The van der Waals surface area contributed by atoms with Crippen molar-refractivity contribution in [1.82, 2.24) is 10.2 Å². The van der Waals surface area contributed by atoms with E-state index in [0.717, 1.165) is 71.3 Å². The fourth-order valence-corrected chi connectivity index (χ4v) is 3.16. The van der Waals surface area contributed by atoms with Crippen LogP contribution in [0.5, 0.6) is 0 Å². The molecule has 0 bridgehead atoms. The first-order chi connectivity index (χ1) is 10.6. The van der Waals surface area contributed by atoms with Crippen LogP contribution in [0, 0.1) is 11.3 Å². The van der Waals surface area contributed by atoms with Crippen molar-refractivity contribution in [2.45, 2.75) is 39.5 Å². The van der Waals surface area contributed by atoms with Gasteiger partial charge in [0.2, 0.25) is 0 Å². The summed E-state index contributed by atoms with van der Waals surface area (Å²) in [5, 5.41) is 3.46. The van der Waals surface area contributed by atoms with Gasteiger partial charge in [-0.2, -0.15) is 0 Å². The second-order valence-electron chi connectivity index (χ2n) is 7.29. The normalized spacial score (nSPS) is 22.0. The summed E-state index contributed by atoms with van der Waals surface area (Å²) in [4.78, 5) is 6.77. The summed E-state index contributed by atoms with van der Waals surface area (Å²) in [6.45, 7) is 11.3. The predicted molar refractivity (Wildman–Crippen MR) is 106 cm³/mol. The Hall–Kier alpha value is -0.0800. The van der Waals surface area contributed by atoms with Gasteiger partial charge in [-0.1, -0.05) is 13.8 Å². The minimum atomic E-state index is 0.